The highest BCUT2D eigenvalue weighted by Gasteiger charge is 2.50. The standard InChI is InChI=1S/C41H46N10O6/c1-46-17-18-50(40(46)57)27-5-3-15-47(21-27)32-20-43-35(36(42)53)29(44-32)19-25-8-10-26(11-9-25)48-16-4-14-41(22-48)23-49(24-41)30-7-2-6-28-34(30)39(56)51(38(28)55)31-12-13-33(52)45-37(31)54/h2,6-11,20,27,31H,3-5,12-19,21-24H2,1H3,(H2,42,53)(H,45,52,54)/t27-,31?/m1/s1. The van der Waals surface area contributed by atoms with Gasteiger partial charge in [-0.15, -0.1) is 0 Å². The minimum Gasteiger partial charge on any atom is -0.371 e. The van der Waals surface area contributed by atoms with Crippen LogP contribution in [0.3, 0.4) is 0 Å². The van der Waals surface area contributed by atoms with E-state index in [1.165, 1.54) is 0 Å². The number of imide groups is 2. The minimum absolute atomic E-state index is 0.00643. The Kier molecular flexibility index (Phi) is 9.08. The maximum Gasteiger partial charge on any atom is 0.320 e. The predicted molar refractivity (Wildman–Crippen MR) is 209 cm³/mol. The van der Waals surface area contributed by atoms with Crippen LogP contribution in [-0.2, 0) is 16.0 Å². The van der Waals surface area contributed by atoms with Gasteiger partial charge in [0.25, 0.3) is 17.7 Å². The van der Waals surface area contributed by atoms with Crippen LogP contribution in [0.25, 0.3) is 0 Å². The summed E-state index contributed by atoms with van der Waals surface area (Å²) < 4.78 is 0. The van der Waals surface area contributed by atoms with E-state index >= 15 is 0 Å². The number of nitrogens with one attached hydrogen (secondary N) is 1. The van der Waals surface area contributed by atoms with Gasteiger partial charge in [0.05, 0.1) is 34.7 Å². The Morgan fingerprint density at radius 1 is 0.895 bits per heavy atom. The second-order valence-corrected chi connectivity index (χ2v) is 16.4. The average Bonchev–Trinajstić information content (AvgIpc) is 3.67. The lowest BCUT2D eigenvalue weighted by Gasteiger charge is -2.56. The number of piperidine rings is 3. The summed E-state index contributed by atoms with van der Waals surface area (Å²) in [6.07, 6.45) is 6.09. The zero-order valence-corrected chi connectivity index (χ0v) is 32.0. The van der Waals surface area contributed by atoms with Crippen molar-refractivity contribution in [3.05, 3.63) is 76.7 Å². The van der Waals surface area contributed by atoms with Gasteiger partial charge in [-0.2, -0.15) is 0 Å². The number of nitrogens with zero attached hydrogens (tertiary/aromatic N) is 8. The Balaban J connectivity index is 0.861. The van der Waals surface area contributed by atoms with Gasteiger partial charge in [0.1, 0.15) is 17.6 Å². The van der Waals surface area contributed by atoms with Gasteiger partial charge in [-0.25, -0.2) is 14.8 Å². The number of fused-ring (bicyclic) bond motifs is 1. The topological polar surface area (TPSA) is 186 Å². The van der Waals surface area contributed by atoms with Crippen molar-refractivity contribution in [2.24, 2.45) is 11.1 Å². The summed E-state index contributed by atoms with van der Waals surface area (Å²) in [7, 11) is 1.83. The second kappa shape index (κ2) is 14.2. The molecule has 9 rings (SSSR count). The van der Waals surface area contributed by atoms with Crippen LogP contribution in [0, 0.1) is 5.41 Å². The van der Waals surface area contributed by atoms with Crippen LogP contribution >= 0.6 is 0 Å². The first-order valence-corrected chi connectivity index (χ1v) is 19.8. The van der Waals surface area contributed by atoms with E-state index in [9.17, 15) is 28.8 Å². The Morgan fingerprint density at radius 3 is 2.40 bits per heavy atom. The van der Waals surface area contributed by atoms with Crippen LogP contribution in [0.1, 0.15) is 81.0 Å². The molecule has 7 heterocycles. The zero-order valence-electron chi connectivity index (χ0n) is 32.0. The van der Waals surface area contributed by atoms with E-state index in [1.54, 1.807) is 23.2 Å². The summed E-state index contributed by atoms with van der Waals surface area (Å²) in [5.74, 6) is -1.96. The SMILES string of the molecule is CN1CCN([C@@H]2CCCN(c3cnc(C(N)=O)c(Cc4ccc(N5CCCC6(C5)CN(c5cccc7c5C(=O)N(C5CCC(=O)NC5=O)C7=O)C6)cc4)n3)C2)C1=O. The Labute approximate surface area is 329 Å². The molecule has 3 aromatic rings. The van der Waals surface area contributed by atoms with Gasteiger partial charge in [-0.1, -0.05) is 18.2 Å². The van der Waals surface area contributed by atoms with Gasteiger partial charge in [0.2, 0.25) is 11.8 Å². The highest BCUT2D eigenvalue weighted by Crippen LogP contribution is 2.45. The summed E-state index contributed by atoms with van der Waals surface area (Å²) in [5, 5.41) is 2.26. The number of nitrogens with two attached hydrogens (primary N) is 1. The number of amides is 7. The van der Waals surface area contributed by atoms with Crippen LogP contribution in [0.2, 0.25) is 0 Å². The summed E-state index contributed by atoms with van der Waals surface area (Å²) in [5.41, 5.74) is 9.81. The van der Waals surface area contributed by atoms with E-state index < -0.39 is 35.6 Å². The highest BCUT2D eigenvalue weighted by molar-refractivity contribution is 6.25. The van der Waals surface area contributed by atoms with Crippen molar-refractivity contribution in [2.45, 2.75) is 57.0 Å². The Morgan fingerprint density at radius 2 is 1.67 bits per heavy atom. The number of hydrogen-bond donors (Lipinski definition) is 2. The van der Waals surface area contributed by atoms with Crippen molar-refractivity contribution in [3.63, 3.8) is 0 Å². The molecule has 16 heteroatoms. The van der Waals surface area contributed by atoms with Crippen molar-refractivity contribution in [1.29, 1.82) is 0 Å². The van der Waals surface area contributed by atoms with Crippen LogP contribution in [0.15, 0.2) is 48.7 Å². The fraction of sp³-hybridized carbons (Fsp3) is 0.463. The van der Waals surface area contributed by atoms with Crippen molar-refractivity contribution in [2.75, 3.05) is 74.1 Å². The van der Waals surface area contributed by atoms with E-state index in [0.29, 0.717) is 42.3 Å². The molecule has 0 aliphatic carbocycles. The molecule has 16 nitrogen and oxygen atoms in total. The lowest BCUT2D eigenvalue weighted by molar-refractivity contribution is -0.136. The Bertz CT molecular complexity index is 2190. The molecule has 5 fully saturated rings. The molecule has 2 atom stereocenters. The molecular formula is C41H46N10O6. The molecule has 0 saturated carbocycles. The zero-order chi connectivity index (χ0) is 39.6. The molecular weight excluding hydrogens is 729 g/mol. The number of primary amides is 1. The molecule has 0 bridgehead atoms. The summed E-state index contributed by atoms with van der Waals surface area (Å²) in [4.78, 5) is 97.4. The molecule has 1 aromatic heterocycles. The van der Waals surface area contributed by atoms with Crippen LogP contribution in [0.5, 0.6) is 0 Å². The number of carbonyl (C=O) groups is 6. The van der Waals surface area contributed by atoms with Gasteiger partial charge in [-0.05, 0) is 61.9 Å². The van der Waals surface area contributed by atoms with Gasteiger partial charge in [0, 0.05) is 83.3 Å². The number of hydrogen-bond acceptors (Lipinski definition) is 11. The first kappa shape index (κ1) is 36.6. The van der Waals surface area contributed by atoms with E-state index in [-0.39, 0.29) is 41.6 Å². The monoisotopic (exact) mass is 774 g/mol. The van der Waals surface area contributed by atoms with E-state index in [1.807, 2.05) is 18.0 Å². The normalized spacial score (nSPS) is 23.4. The van der Waals surface area contributed by atoms with Crippen LogP contribution in [-0.4, -0.2) is 132 Å². The number of carbonyl (C=O) groups excluding carboxylic acids is 6. The number of benzene rings is 2. The molecule has 3 N–H and O–H groups in total. The number of likely N-dealkylation sites (N-methyl/N-ethyl adjacent to an activating group) is 1. The quantitative estimate of drug-likeness (QED) is 0.319. The fourth-order valence-electron chi connectivity index (χ4n) is 9.72. The van der Waals surface area contributed by atoms with E-state index in [4.69, 9.17) is 10.7 Å². The summed E-state index contributed by atoms with van der Waals surface area (Å²) in [6, 6.07) is 12.7. The van der Waals surface area contributed by atoms with Crippen molar-refractivity contribution in [1.82, 2.24) is 30.0 Å². The third-order valence-corrected chi connectivity index (χ3v) is 12.6. The first-order valence-electron chi connectivity index (χ1n) is 19.8. The van der Waals surface area contributed by atoms with E-state index in [0.717, 1.165) is 81.1 Å². The molecule has 2 aromatic carbocycles. The molecule has 7 amide bonds. The van der Waals surface area contributed by atoms with Crippen molar-refractivity contribution < 1.29 is 28.8 Å². The molecule has 6 aliphatic rings. The fourth-order valence-corrected chi connectivity index (χ4v) is 9.72. The van der Waals surface area contributed by atoms with Gasteiger partial charge >= 0.3 is 6.03 Å². The largest absolute Gasteiger partial charge is 0.371 e. The van der Waals surface area contributed by atoms with E-state index in [2.05, 4.69) is 49.3 Å². The molecule has 6 aliphatic heterocycles. The lowest BCUT2D eigenvalue weighted by atomic mass is 9.72. The summed E-state index contributed by atoms with van der Waals surface area (Å²) in [6.45, 7) is 6.08. The lowest BCUT2D eigenvalue weighted by Crippen LogP contribution is -2.63. The average molecular weight is 775 g/mol. The smallest absolute Gasteiger partial charge is 0.320 e. The molecule has 296 valence electrons. The third-order valence-electron chi connectivity index (χ3n) is 12.6. The predicted octanol–water partition coefficient (Wildman–Crippen LogP) is 2.01. The Hall–Kier alpha value is -6.06. The number of anilines is 3. The van der Waals surface area contributed by atoms with Gasteiger partial charge < -0.3 is 30.2 Å². The molecule has 1 spiro atoms. The van der Waals surface area contributed by atoms with Gasteiger partial charge in [0.15, 0.2) is 0 Å². The summed E-state index contributed by atoms with van der Waals surface area (Å²) >= 11 is 0. The highest BCUT2D eigenvalue weighted by atomic mass is 16.2. The number of rotatable bonds is 8. The second-order valence-electron chi connectivity index (χ2n) is 16.4. The van der Waals surface area contributed by atoms with Crippen molar-refractivity contribution in [3.8, 4) is 0 Å². The maximum atomic E-state index is 13.7. The third kappa shape index (κ3) is 6.49. The first-order chi connectivity index (χ1) is 27.5. The molecule has 57 heavy (non-hydrogen) atoms. The molecule has 5 saturated heterocycles. The molecule has 0 radical (unpaired) electrons. The van der Waals surface area contributed by atoms with Gasteiger partial charge in [-0.3, -0.25) is 34.2 Å². The van der Waals surface area contributed by atoms with Crippen molar-refractivity contribution >= 4 is 52.8 Å². The van der Waals surface area contributed by atoms with Crippen LogP contribution < -0.4 is 25.8 Å². The maximum absolute atomic E-state index is 13.7. The molecule has 1 unspecified atom stereocenters. The van der Waals surface area contributed by atoms with Crippen LogP contribution in [0.4, 0.5) is 22.0 Å². The number of urea groups is 1. The minimum atomic E-state index is -1.00. The number of aromatic nitrogens is 2.